The number of rotatable bonds is 0. The summed E-state index contributed by atoms with van der Waals surface area (Å²) in [6.07, 6.45) is 0. The Balaban J connectivity index is -0.000000125. The SMILES string of the molecule is CNC(=O)SS.[H-].[Na+]. The van der Waals surface area contributed by atoms with E-state index >= 15 is 0 Å². The van der Waals surface area contributed by atoms with Crippen molar-refractivity contribution < 1.29 is 35.8 Å². The zero-order valence-electron chi connectivity index (χ0n) is 5.26. The zero-order chi connectivity index (χ0) is 4.99. The molecule has 0 saturated carbocycles. The first-order valence-corrected chi connectivity index (χ1v) is 3.21. The van der Waals surface area contributed by atoms with Crippen LogP contribution in [0.1, 0.15) is 1.43 Å². The van der Waals surface area contributed by atoms with E-state index in [-0.39, 0.29) is 36.2 Å². The third-order valence-corrected chi connectivity index (χ3v) is 1.15. The minimum absolute atomic E-state index is 0. The van der Waals surface area contributed by atoms with E-state index < -0.39 is 0 Å². The summed E-state index contributed by atoms with van der Waals surface area (Å²) in [5.41, 5.74) is 0. The topological polar surface area (TPSA) is 29.1 Å². The minimum Gasteiger partial charge on any atom is -1.00 e. The number of carbonyl (C=O) groups excluding carboxylic acids is 1. The summed E-state index contributed by atoms with van der Waals surface area (Å²) < 4.78 is 0. The van der Waals surface area contributed by atoms with E-state index in [4.69, 9.17) is 0 Å². The molecule has 5 heteroatoms. The number of thiol groups is 1. The summed E-state index contributed by atoms with van der Waals surface area (Å²) >= 11 is 3.60. The van der Waals surface area contributed by atoms with Gasteiger partial charge in [-0.3, -0.25) is 4.79 Å². The maximum Gasteiger partial charge on any atom is 1.00 e. The fraction of sp³-hybridized carbons (Fsp3) is 0.500. The first-order valence-electron chi connectivity index (χ1n) is 1.34. The third kappa shape index (κ3) is 7.17. The van der Waals surface area contributed by atoms with Crippen molar-refractivity contribution in [1.82, 2.24) is 5.32 Å². The summed E-state index contributed by atoms with van der Waals surface area (Å²) in [4.78, 5) is 9.96. The molecule has 0 aromatic rings. The summed E-state index contributed by atoms with van der Waals surface area (Å²) in [5.74, 6) is 0. The smallest absolute Gasteiger partial charge is 1.00 e. The minimum atomic E-state index is -0.127. The van der Waals surface area contributed by atoms with Crippen LogP contribution >= 0.6 is 22.5 Å². The number of hydrogen-bond acceptors (Lipinski definition) is 3. The Morgan fingerprint density at radius 1 is 2.00 bits per heavy atom. The molecular formula is C2H6NNaOS2. The molecule has 0 aromatic carbocycles. The summed E-state index contributed by atoms with van der Waals surface area (Å²) in [6, 6.07) is 0. The monoisotopic (exact) mass is 147 g/mol. The Bertz CT molecular complexity index is 58.0. The van der Waals surface area contributed by atoms with E-state index in [0.717, 1.165) is 10.8 Å². The predicted octanol–water partition coefficient (Wildman–Crippen LogP) is -1.98. The maximum atomic E-state index is 9.96. The molecule has 0 rings (SSSR count). The number of amides is 1. The van der Waals surface area contributed by atoms with Crippen LogP contribution in [0.2, 0.25) is 0 Å². The van der Waals surface area contributed by atoms with Gasteiger partial charge < -0.3 is 6.74 Å². The second-order valence-corrected chi connectivity index (χ2v) is 1.73. The zero-order valence-corrected chi connectivity index (χ0v) is 7.97. The van der Waals surface area contributed by atoms with Gasteiger partial charge in [-0.1, -0.05) is 0 Å². The second-order valence-electron chi connectivity index (χ2n) is 0.629. The van der Waals surface area contributed by atoms with E-state index in [1.807, 2.05) is 0 Å². The van der Waals surface area contributed by atoms with Gasteiger partial charge in [0.15, 0.2) is 0 Å². The van der Waals surface area contributed by atoms with E-state index in [1.54, 1.807) is 7.05 Å². The fourth-order valence-corrected chi connectivity index (χ4v) is 0.411. The first-order chi connectivity index (χ1) is 2.81. The average molecular weight is 147 g/mol. The van der Waals surface area contributed by atoms with E-state index in [2.05, 4.69) is 17.0 Å². The van der Waals surface area contributed by atoms with Crippen LogP contribution in [-0.2, 0) is 0 Å². The van der Waals surface area contributed by atoms with Gasteiger partial charge in [0, 0.05) is 17.8 Å². The van der Waals surface area contributed by atoms with Crippen LogP contribution in [0.3, 0.4) is 0 Å². The molecule has 2 nitrogen and oxygen atoms in total. The van der Waals surface area contributed by atoms with Crippen molar-refractivity contribution >= 4 is 27.7 Å². The number of carbonyl (C=O) groups is 1. The molecule has 1 amide bonds. The van der Waals surface area contributed by atoms with Gasteiger partial charge in [-0.15, -0.1) is 11.7 Å². The normalized spacial score (nSPS) is 6.57. The molecule has 0 fully saturated rings. The van der Waals surface area contributed by atoms with Gasteiger partial charge in [-0.2, -0.15) is 0 Å². The van der Waals surface area contributed by atoms with Gasteiger partial charge in [-0.25, -0.2) is 0 Å². The van der Waals surface area contributed by atoms with Gasteiger partial charge in [0.1, 0.15) is 0 Å². The predicted molar refractivity (Wildman–Crippen MR) is 32.1 cm³/mol. The summed E-state index contributed by atoms with van der Waals surface area (Å²) in [7, 11) is 2.43. The van der Waals surface area contributed by atoms with Crippen molar-refractivity contribution in [1.29, 1.82) is 0 Å². The molecule has 38 valence electrons. The molecule has 0 aliphatic carbocycles. The molecule has 0 bridgehead atoms. The quantitative estimate of drug-likeness (QED) is 0.236. The van der Waals surface area contributed by atoms with Crippen LogP contribution < -0.4 is 34.9 Å². The standard InChI is InChI=1S/C2H5NOS2.Na.H/c1-3-2(4)6-5;;/h5H,1H3,(H,3,4);;/q;+1;-1. The van der Waals surface area contributed by atoms with Crippen LogP contribution in [0.25, 0.3) is 0 Å². The van der Waals surface area contributed by atoms with Gasteiger partial charge in [0.2, 0.25) is 0 Å². The second kappa shape index (κ2) is 7.17. The fourth-order valence-electron chi connectivity index (χ4n) is 0.0456. The van der Waals surface area contributed by atoms with E-state index in [1.165, 1.54) is 0 Å². The molecule has 0 aliphatic rings. The largest absolute Gasteiger partial charge is 1.00 e. The molecule has 0 aromatic heterocycles. The van der Waals surface area contributed by atoms with Crippen LogP contribution in [0.15, 0.2) is 0 Å². The molecule has 0 radical (unpaired) electrons. The Kier molecular flexibility index (Phi) is 11.3. The Morgan fingerprint density at radius 2 is 2.43 bits per heavy atom. The van der Waals surface area contributed by atoms with Gasteiger partial charge >= 0.3 is 29.6 Å². The summed E-state index contributed by atoms with van der Waals surface area (Å²) in [6.45, 7) is 0. The third-order valence-electron chi connectivity index (χ3n) is 0.287. The molecule has 0 saturated heterocycles. The molecular weight excluding hydrogens is 141 g/mol. The Labute approximate surface area is 75.4 Å². The van der Waals surface area contributed by atoms with Crippen molar-refractivity contribution in [2.45, 2.75) is 0 Å². The van der Waals surface area contributed by atoms with Crippen LogP contribution in [0.5, 0.6) is 0 Å². The number of hydrogen-bond donors (Lipinski definition) is 2. The van der Waals surface area contributed by atoms with Crippen LogP contribution in [0.4, 0.5) is 4.79 Å². The first kappa shape index (κ1) is 11.0. The molecule has 7 heavy (non-hydrogen) atoms. The maximum absolute atomic E-state index is 9.96. The molecule has 0 spiro atoms. The molecule has 0 aliphatic heterocycles. The molecule has 0 unspecified atom stereocenters. The summed E-state index contributed by atoms with van der Waals surface area (Å²) in [5, 5.41) is 2.24. The van der Waals surface area contributed by atoms with Gasteiger partial charge in [0.25, 0.3) is 5.24 Å². The van der Waals surface area contributed by atoms with Crippen LogP contribution in [0, 0.1) is 0 Å². The Morgan fingerprint density at radius 3 is 2.43 bits per heavy atom. The molecule has 0 atom stereocenters. The van der Waals surface area contributed by atoms with Crippen molar-refractivity contribution in [3.05, 3.63) is 0 Å². The van der Waals surface area contributed by atoms with E-state index in [9.17, 15) is 4.79 Å². The van der Waals surface area contributed by atoms with Crippen molar-refractivity contribution in [3.63, 3.8) is 0 Å². The molecule has 0 heterocycles. The number of nitrogens with one attached hydrogen (secondary N) is 1. The average Bonchev–Trinajstić information content (AvgIpc) is 1.65. The van der Waals surface area contributed by atoms with Gasteiger partial charge in [0.05, 0.1) is 0 Å². The van der Waals surface area contributed by atoms with Gasteiger partial charge in [-0.05, 0) is 0 Å². The van der Waals surface area contributed by atoms with Crippen molar-refractivity contribution in [3.8, 4) is 0 Å². The van der Waals surface area contributed by atoms with Crippen molar-refractivity contribution in [2.75, 3.05) is 7.05 Å². The molecule has 1 N–H and O–H groups in total. The van der Waals surface area contributed by atoms with Crippen LogP contribution in [-0.4, -0.2) is 12.3 Å². The van der Waals surface area contributed by atoms with E-state index in [0.29, 0.717) is 0 Å². The van der Waals surface area contributed by atoms with Crippen molar-refractivity contribution in [2.24, 2.45) is 0 Å². The Hall–Kier alpha value is 1.17.